The van der Waals surface area contributed by atoms with Crippen molar-refractivity contribution in [2.24, 2.45) is 0 Å². The molecule has 1 unspecified atom stereocenters. The lowest BCUT2D eigenvalue weighted by Gasteiger charge is -2.11. The Morgan fingerprint density at radius 1 is 0.560 bits per heavy atom. The van der Waals surface area contributed by atoms with Crippen molar-refractivity contribution < 1.29 is 0 Å². The summed E-state index contributed by atoms with van der Waals surface area (Å²) in [5.74, 6) is 0.725. The van der Waals surface area contributed by atoms with Crippen molar-refractivity contribution in [2.75, 3.05) is 0 Å². The van der Waals surface area contributed by atoms with Gasteiger partial charge in [0.15, 0.2) is 0 Å². The van der Waals surface area contributed by atoms with E-state index in [0.29, 0.717) is 0 Å². The molecule has 0 bridgehead atoms. The molecule has 0 nitrogen and oxygen atoms in total. The van der Waals surface area contributed by atoms with Crippen LogP contribution in [0.15, 0.2) is 30.3 Å². The summed E-state index contributed by atoms with van der Waals surface area (Å²) in [6.07, 6.45) is 23.1. The normalized spacial score (nSPS) is 12.4. The first kappa shape index (κ1) is 22.3. The van der Waals surface area contributed by atoms with Gasteiger partial charge >= 0.3 is 0 Å². The number of benzene rings is 1. The van der Waals surface area contributed by atoms with E-state index in [1.165, 1.54) is 108 Å². The van der Waals surface area contributed by atoms with E-state index in [4.69, 9.17) is 0 Å². The van der Waals surface area contributed by atoms with Gasteiger partial charge in [-0.25, -0.2) is 0 Å². The summed E-state index contributed by atoms with van der Waals surface area (Å²) in [7, 11) is 0. The standard InChI is InChI=1S/C25H44/c1-3-4-5-6-7-8-9-10-11-12-13-14-15-16-18-21-24(2)25-22-19-17-20-23-25/h17,19-20,22-24H,3-16,18,21H2,1-2H3. The minimum atomic E-state index is 0.725. The average molecular weight is 345 g/mol. The molecule has 1 aromatic carbocycles. The highest BCUT2D eigenvalue weighted by Gasteiger charge is 2.03. The first-order chi connectivity index (χ1) is 12.3. The third-order valence-corrected chi connectivity index (χ3v) is 5.61. The summed E-state index contributed by atoms with van der Waals surface area (Å²) in [6.45, 7) is 4.67. The Morgan fingerprint density at radius 3 is 1.40 bits per heavy atom. The van der Waals surface area contributed by atoms with Crippen LogP contribution in [0.4, 0.5) is 0 Å². The molecule has 0 aliphatic carbocycles. The molecule has 0 aromatic heterocycles. The van der Waals surface area contributed by atoms with E-state index in [2.05, 4.69) is 44.2 Å². The van der Waals surface area contributed by atoms with Crippen LogP contribution in [0.25, 0.3) is 0 Å². The van der Waals surface area contributed by atoms with Crippen LogP contribution >= 0.6 is 0 Å². The predicted octanol–water partition coefficient (Wildman–Crippen LogP) is 9.05. The molecule has 0 aliphatic rings. The summed E-state index contributed by atoms with van der Waals surface area (Å²) in [5.41, 5.74) is 1.51. The van der Waals surface area contributed by atoms with Crippen LogP contribution in [-0.4, -0.2) is 0 Å². The van der Waals surface area contributed by atoms with Crippen LogP contribution < -0.4 is 0 Å². The predicted molar refractivity (Wildman–Crippen MR) is 114 cm³/mol. The summed E-state index contributed by atoms with van der Waals surface area (Å²) in [5, 5.41) is 0. The first-order valence-corrected chi connectivity index (χ1v) is 11.4. The molecule has 0 amide bonds. The zero-order valence-corrected chi connectivity index (χ0v) is 17.3. The van der Waals surface area contributed by atoms with E-state index in [-0.39, 0.29) is 0 Å². The SMILES string of the molecule is CCCCCCCCCCCCCCCCCC(C)c1ccccc1. The molecular weight excluding hydrogens is 300 g/mol. The van der Waals surface area contributed by atoms with Gasteiger partial charge < -0.3 is 0 Å². The van der Waals surface area contributed by atoms with Crippen molar-refractivity contribution in [3.63, 3.8) is 0 Å². The van der Waals surface area contributed by atoms with Crippen molar-refractivity contribution in [1.29, 1.82) is 0 Å². The van der Waals surface area contributed by atoms with Gasteiger partial charge in [0.25, 0.3) is 0 Å². The summed E-state index contributed by atoms with van der Waals surface area (Å²) in [6, 6.07) is 11.0. The number of unbranched alkanes of at least 4 members (excludes halogenated alkanes) is 14. The molecular formula is C25H44. The maximum Gasteiger partial charge on any atom is -0.0190 e. The number of hydrogen-bond donors (Lipinski definition) is 0. The maximum atomic E-state index is 2.37. The molecule has 0 saturated carbocycles. The van der Waals surface area contributed by atoms with Crippen LogP contribution in [-0.2, 0) is 0 Å². The second-order valence-electron chi connectivity index (χ2n) is 8.05. The Balaban J connectivity index is 1.77. The monoisotopic (exact) mass is 344 g/mol. The maximum absolute atomic E-state index is 2.37. The molecule has 1 atom stereocenters. The van der Waals surface area contributed by atoms with Gasteiger partial charge in [0.05, 0.1) is 0 Å². The molecule has 1 rings (SSSR count). The van der Waals surface area contributed by atoms with Crippen molar-refractivity contribution >= 4 is 0 Å². The van der Waals surface area contributed by atoms with Crippen LogP contribution in [0.1, 0.15) is 128 Å². The fraction of sp³-hybridized carbons (Fsp3) is 0.760. The summed E-state index contributed by atoms with van der Waals surface area (Å²) in [4.78, 5) is 0. The molecule has 0 spiro atoms. The van der Waals surface area contributed by atoms with E-state index < -0.39 is 0 Å². The largest absolute Gasteiger partial charge is 0.0654 e. The van der Waals surface area contributed by atoms with Gasteiger partial charge in [-0.3, -0.25) is 0 Å². The van der Waals surface area contributed by atoms with Gasteiger partial charge in [-0.05, 0) is 17.9 Å². The highest BCUT2D eigenvalue weighted by atomic mass is 14.1. The molecule has 0 heteroatoms. The molecule has 0 heterocycles. The van der Waals surface area contributed by atoms with Crippen molar-refractivity contribution in [2.45, 2.75) is 122 Å². The molecule has 25 heavy (non-hydrogen) atoms. The average Bonchev–Trinajstić information content (AvgIpc) is 2.65. The van der Waals surface area contributed by atoms with E-state index in [0.717, 1.165) is 5.92 Å². The van der Waals surface area contributed by atoms with Crippen LogP contribution in [0, 0.1) is 0 Å². The fourth-order valence-electron chi connectivity index (χ4n) is 3.77. The lowest BCUT2D eigenvalue weighted by Crippen LogP contribution is -1.93. The molecule has 1 aromatic rings. The summed E-state index contributed by atoms with van der Waals surface area (Å²) < 4.78 is 0. The van der Waals surface area contributed by atoms with Crippen molar-refractivity contribution in [3.05, 3.63) is 35.9 Å². The minimum absolute atomic E-state index is 0.725. The smallest absolute Gasteiger partial charge is 0.0190 e. The van der Waals surface area contributed by atoms with Gasteiger partial charge in [0.2, 0.25) is 0 Å². The Hall–Kier alpha value is -0.780. The van der Waals surface area contributed by atoms with Crippen LogP contribution in [0.3, 0.4) is 0 Å². The molecule has 0 N–H and O–H groups in total. The summed E-state index contributed by atoms with van der Waals surface area (Å²) >= 11 is 0. The van der Waals surface area contributed by atoms with Gasteiger partial charge in [-0.1, -0.05) is 140 Å². The lowest BCUT2D eigenvalue weighted by molar-refractivity contribution is 0.522. The highest BCUT2D eigenvalue weighted by Crippen LogP contribution is 2.22. The number of hydrogen-bond acceptors (Lipinski definition) is 0. The van der Waals surface area contributed by atoms with Crippen molar-refractivity contribution in [3.8, 4) is 0 Å². The van der Waals surface area contributed by atoms with Crippen molar-refractivity contribution in [1.82, 2.24) is 0 Å². The topological polar surface area (TPSA) is 0 Å². The van der Waals surface area contributed by atoms with E-state index in [1.807, 2.05) is 0 Å². The van der Waals surface area contributed by atoms with Crippen LogP contribution in [0.2, 0.25) is 0 Å². The van der Waals surface area contributed by atoms with Gasteiger partial charge in [-0.2, -0.15) is 0 Å². The first-order valence-electron chi connectivity index (χ1n) is 11.4. The second-order valence-corrected chi connectivity index (χ2v) is 8.05. The minimum Gasteiger partial charge on any atom is -0.0654 e. The highest BCUT2D eigenvalue weighted by molar-refractivity contribution is 5.18. The Kier molecular flexibility index (Phi) is 14.8. The third kappa shape index (κ3) is 13.1. The fourth-order valence-corrected chi connectivity index (χ4v) is 3.77. The second kappa shape index (κ2) is 16.7. The Labute approximate surface area is 158 Å². The molecule has 0 fully saturated rings. The zero-order chi connectivity index (χ0) is 18.0. The van der Waals surface area contributed by atoms with Gasteiger partial charge in [0, 0.05) is 0 Å². The number of rotatable bonds is 17. The quantitative estimate of drug-likeness (QED) is 0.247. The Bertz CT molecular complexity index is 367. The van der Waals surface area contributed by atoms with E-state index in [9.17, 15) is 0 Å². The Morgan fingerprint density at radius 2 is 0.960 bits per heavy atom. The third-order valence-electron chi connectivity index (χ3n) is 5.61. The van der Waals surface area contributed by atoms with E-state index in [1.54, 1.807) is 0 Å². The molecule has 144 valence electrons. The molecule has 0 aliphatic heterocycles. The lowest BCUT2D eigenvalue weighted by atomic mass is 9.95. The zero-order valence-electron chi connectivity index (χ0n) is 17.3. The van der Waals surface area contributed by atoms with Gasteiger partial charge in [0.1, 0.15) is 0 Å². The molecule has 0 radical (unpaired) electrons. The van der Waals surface area contributed by atoms with Gasteiger partial charge in [-0.15, -0.1) is 0 Å². The van der Waals surface area contributed by atoms with Crippen LogP contribution in [0.5, 0.6) is 0 Å². The van der Waals surface area contributed by atoms with E-state index >= 15 is 0 Å². The molecule has 0 saturated heterocycles.